The molecule has 39 heavy (non-hydrogen) atoms. The Morgan fingerprint density at radius 2 is 1.74 bits per heavy atom. The Morgan fingerprint density at radius 3 is 2.33 bits per heavy atom. The van der Waals surface area contributed by atoms with E-state index in [1.54, 1.807) is 24.3 Å². The second-order valence-corrected chi connectivity index (χ2v) is 9.22. The van der Waals surface area contributed by atoms with Crippen LogP contribution in [0.3, 0.4) is 0 Å². The maximum Gasteiger partial charge on any atom is 0.313 e. The number of carbonyl (C=O) groups is 2. The number of aliphatic carboxylic acids is 1. The lowest BCUT2D eigenvalue weighted by Gasteiger charge is -2.23. The van der Waals surface area contributed by atoms with Gasteiger partial charge in [0.15, 0.2) is 0 Å². The van der Waals surface area contributed by atoms with Crippen molar-refractivity contribution in [2.45, 2.75) is 38.6 Å². The number of allylic oxidation sites excluding steroid dienone is 3. The van der Waals surface area contributed by atoms with E-state index in [0.717, 1.165) is 0 Å². The zero-order chi connectivity index (χ0) is 29.3. The summed E-state index contributed by atoms with van der Waals surface area (Å²) in [6.45, 7) is 6.74. The first kappa shape index (κ1) is 30.2. The number of nitrogens with zero attached hydrogens (tertiary/aromatic N) is 1. The van der Waals surface area contributed by atoms with Crippen molar-refractivity contribution < 1.29 is 24.9 Å². The molecule has 11 N–H and O–H groups in total. The number of urea groups is 1. The Bertz CT molecular complexity index is 1370. The molecule has 11 heteroatoms. The molecule has 0 saturated heterocycles. The Kier molecular flexibility index (Phi) is 10.0. The Labute approximate surface area is 226 Å². The molecule has 206 valence electrons. The molecule has 0 aliphatic heterocycles. The molecule has 2 amide bonds. The lowest BCUT2D eigenvalue weighted by molar-refractivity contribution is -0.142. The van der Waals surface area contributed by atoms with Crippen LogP contribution in [0.1, 0.15) is 43.4 Å². The highest BCUT2D eigenvalue weighted by atomic mass is 16.4. The van der Waals surface area contributed by atoms with Gasteiger partial charge in [-0.3, -0.25) is 10.2 Å². The van der Waals surface area contributed by atoms with Crippen LogP contribution in [0.15, 0.2) is 71.9 Å². The fourth-order valence-corrected chi connectivity index (χ4v) is 3.53. The highest BCUT2D eigenvalue weighted by Gasteiger charge is 2.32. The van der Waals surface area contributed by atoms with E-state index < -0.39 is 17.4 Å². The van der Waals surface area contributed by atoms with Gasteiger partial charge in [-0.2, -0.15) is 0 Å². The molecule has 0 atom stereocenters. The molecule has 0 aliphatic rings. The molecular weight excluding hydrogens is 500 g/mol. The van der Waals surface area contributed by atoms with Crippen molar-refractivity contribution in [3.05, 3.63) is 83.6 Å². The summed E-state index contributed by atoms with van der Waals surface area (Å²) in [6, 6.07) is 6.67. The summed E-state index contributed by atoms with van der Waals surface area (Å²) in [5.41, 5.74) is 17.2. The molecule has 0 aliphatic carbocycles. The van der Waals surface area contributed by atoms with Gasteiger partial charge in [0.1, 0.15) is 17.3 Å². The lowest BCUT2D eigenvalue weighted by atomic mass is 9.81. The minimum Gasteiger partial charge on any atom is -0.507 e. The number of carboxylic acids is 1. The van der Waals surface area contributed by atoms with E-state index >= 15 is 0 Å². The van der Waals surface area contributed by atoms with Crippen LogP contribution < -0.4 is 22.5 Å². The predicted molar refractivity (Wildman–Crippen MR) is 152 cm³/mol. The summed E-state index contributed by atoms with van der Waals surface area (Å²) in [7, 11) is 0. The Hall–Kier alpha value is -5.06. The van der Waals surface area contributed by atoms with E-state index in [-0.39, 0.29) is 52.8 Å². The fourth-order valence-electron chi connectivity index (χ4n) is 3.53. The molecular formula is C28H34N6O5. The third-order valence-corrected chi connectivity index (χ3v) is 5.87. The molecule has 2 rings (SSSR count). The van der Waals surface area contributed by atoms with Crippen LogP contribution in [-0.4, -0.2) is 39.0 Å². The third kappa shape index (κ3) is 7.96. The Balaban J connectivity index is 2.73. The normalized spacial score (nSPS) is 12.4. The second-order valence-electron chi connectivity index (χ2n) is 9.22. The molecule has 0 heterocycles. The van der Waals surface area contributed by atoms with Crippen LogP contribution in [-0.2, 0) is 16.8 Å². The summed E-state index contributed by atoms with van der Waals surface area (Å²) in [5, 5.41) is 41.6. The highest BCUT2D eigenvalue weighted by Crippen LogP contribution is 2.41. The number of aliphatic imine (C=N–C) groups is 1. The standard InChI is InChI=1S/C28H34N6O5/c1-4-7-18(8-5-6-9-23(29)30)34-25(31)21-14-17(28(2,3)26(37)38)13-20(24(21)36)19-12-16(10-11-22(19)35)15-33-27(32)39/h4-7,10-14,35-36H,1,8-9,15H2,2-3H3,(H3,29,30)(H2,31,34)(H,37,38)(H3,32,33,39)/b6-5-,18-7+. The van der Waals surface area contributed by atoms with Gasteiger partial charge in [0.2, 0.25) is 0 Å². The van der Waals surface area contributed by atoms with Crippen molar-refractivity contribution in [1.82, 2.24) is 5.32 Å². The summed E-state index contributed by atoms with van der Waals surface area (Å²) in [5.74, 6) is -1.73. The van der Waals surface area contributed by atoms with Crippen molar-refractivity contribution >= 4 is 23.7 Å². The van der Waals surface area contributed by atoms with Gasteiger partial charge in [-0.1, -0.05) is 30.9 Å². The topological polar surface area (TPSA) is 221 Å². The molecule has 0 spiro atoms. The SMILES string of the molecule is C=C/C=C(\C/C=C\CC(=N)N)N=C(N)c1cc(C(C)(C)C(=O)O)cc(-c2cc(CNC(N)=O)ccc2O)c1O. The zero-order valence-corrected chi connectivity index (χ0v) is 21.9. The molecule has 2 aromatic rings. The van der Waals surface area contributed by atoms with Gasteiger partial charge < -0.3 is 37.8 Å². The van der Waals surface area contributed by atoms with Crippen LogP contribution in [0.25, 0.3) is 11.1 Å². The number of rotatable bonds is 12. The first-order chi connectivity index (χ1) is 18.3. The molecule has 0 unspecified atom stereocenters. The van der Waals surface area contributed by atoms with E-state index in [1.807, 2.05) is 0 Å². The summed E-state index contributed by atoms with van der Waals surface area (Å²) >= 11 is 0. The van der Waals surface area contributed by atoms with Crippen molar-refractivity contribution in [2.24, 2.45) is 22.2 Å². The Morgan fingerprint density at radius 1 is 1.08 bits per heavy atom. The molecule has 11 nitrogen and oxygen atoms in total. The zero-order valence-electron chi connectivity index (χ0n) is 21.9. The number of phenolic OH excluding ortho intramolecular Hbond substituents is 2. The summed E-state index contributed by atoms with van der Waals surface area (Å²) in [4.78, 5) is 27.7. The van der Waals surface area contributed by atoms with Crippen molar-refractivity contribution in [2.75, 3.05) is 0 Å². The van der Waals surface area contributed by atoms with E-state index in [1.165, 1.54) is 44.2 Å². The van der Waals surface area contributed by atoms with Crippen molar-refractivity contribution in [3.63, 3.8) is 0 Å². The van der Waals surface area contributed by atoms with Crippen LogP contribution in [0.4, 0.5) is 4.79 Å². The number of carbonyl (C=O) groups excluding carboxylic acids is 1. The molecule has 0 aromatic heterocycles. The third-order valence-electron chi connectivity index (χ3n) is 5.87. The van der Waals surface area contributed by atoms with Crippen LogP contribution >= 0.6 is 0 Å². The average molecular weight is 535 g/mol. The van der Waals surface area contributed by atoms with Crippen LogP contribution in [0.5, 0.6) is 11.5 Å². The van der Waals surface area contributed by atoms with Crippen LogP contribution in [0, 0.1) is 5.41 Å². The highest BCUT2D eigenvalue weighted by molar-refractivity contribution is 6.03. The number of nitrogens with one attached hydrogen (secondary N) is 2. The molecule has 2 aromatic carbocycles. The van der Waals surface area contributed by atoms with E-state index in [0.29, 0.717) is 23.2 Å². The van der Waals surface area contributed by atoms with E-state index in [4.69, 9.17) is 22.6 Å². The summed E-state index contributed by atoms with van der Waals surface area (Å²) in [6.07, 6.45) is 7.20. The van der Waals surface area contributed by atoms with Gasteiger partial charge in [-0.25, -0.2) is 9.79 Å². The number of hydrogen-bond acceptors (Lipinski definition) is 6. The molecule has 0 bridgehead atoms. The van der Waals surface area contributed by atoms with Gasteiger partial charge in [0.25, 0.3) is 0 Å². The summed E-state index contributed by atoms with van der Waals surface area (Å²) < 4.78 is 0. The second kappa shape index (κ2) is 13.0. The van der Waals surface area contributed by atoms with Gasteiger partial charge in [0, 0.05) is 36.2 Å². The molecule has 0 saturated carbocycles. The number of hydrogen-bond donors (Lipinski definition) is 8. The number of primary amides is 1. The minimum atomic E-state index is -1.40. The number of phenols is 2. The van der Waals surface area contributed by atoms with Crippen molar-refractivity contribution in [1.29, 1.82) is 5.41 Å². The largest absolute Gasteiger partial charge is 0.507 e. The van der Waals surface area contributed by atoms with E-state index in [2.05, 4.69) is 16.9 Å². The van der Waals surface area contributed by atoms with Gasteiger partial charge >= 0.3 is 12.0 Å². The van der Waals surface area contributed by atoms with Gasteiger partial charge in [-0.15, -0.1) is 0 Å². The van der Waals surface area contributed by atoms with Gasteiger partial charge in [-0.05, 0) is 55.3 Å². The maximum atomic E-state index is 12.1. The number of nitrogens with two attached hydrogens (primary N) is 3. The fraction of sp³-hybridized carbons (Fsp3) is 0.214. The average Bonchev–Trinajstić information content (AvgIpc) is 2.86. The first-order valence-corrected chi connectivity index (χ1v) is 11.9. The van der Waals surface area contributed by atoms with Gasteiger partial charge in [0.05, 0.1) is 16.8 Å². The number of benzene rings is 2. The van der Waals surface area contributed by atoms with E-state index in [9.17, 15) is 24.9 Å². The number of carboxylic acid groups (broad SMARTS) is 1. The number of amidine groups is 2. The minimum absolute atomic E-state index is 0.0107. The lowest BCUT2D eigenvalue weighted by Crippen LogP contribution is -2.29. The van der Waals surface area contributed by atoms with Crippen LogP contribution in [0.2, 0.25) is 0 Å². The van der Waals surface area contributed by atoms with Crippen molar-refractivity contribution in [3.8, 4) is 22.6 Å². The predicted octanol–water partition coefficient (Wildman–Crippen LogP) is 3.34. The molecule has 0 radical (unpaired) electrons. The number of aromatic hydroxyl groups is 2. The smallest absolute Gasteiger partial charge is 0.313 e. The monoisotopic (exact) mass is 534 g/mol. The molecule has 0 fully saturated rings. The maximum absolute atomic E-state index is 12.1. The number of amides is 2. The first-order valence-electron chi connectivity index (χ1n) is 11.9. The quantitative estimate of drug-likeness (QED) is 0.0876.